The first-order valence-corrected chi connectivity index (χ1v) is 9.45. The minimum absolute atomic E-state index is 0.00935. The fourth-order valence-electron chi connectivity index (χ4n) is 2.37. The first-order chi connectivity index (χ1) is 12.7. The molecule has 0 fully saturated rings. The van der Waals surface area contributed by atoms with Crippen molar-refractivity contribution in [2.75, 3.05) is 26.1 Å². The lowest BCUT2D eigenvalue weighted by molar-refractivity contribution is 0.00410. The molecule has 2 aromatic rings. The van der Waals surface area contributed by atoms with E-state index >= 15 is 0 Å². The maximum absolute atomic E-state index is 14.1. The second kappa shape index (κ2) is 8.47. The second-order valence-electron chi connectivity index (χ2n) is 5.88. The molecule has 0 aliphatic rings. The van der Waals surface area contributed by atoms with Crippen LogP contribution in [0.5, 0.6) is 0 Å². The number of carbonyl (C=O) groups is 1. The van der Waals surface area contributed by atoms with Crippen LogP contribution in [0.2, 0.25) is 0 Å². The highest BCUT2D eigenvalue weighted by molar-refractivity contribution is 7.89. The Morgan fingerprint density at radius 2 is 1.74 bits per heavy atom. The number of hydrogen-bond acceptors (Lipinski definition) is 5. The molecule has 0 bridgehead atoms. The van der Waals surface area contributed by atoms with Crippen LogP contribution in [0.15, 0.2) is 53.4 Å². The van der Waals surface area contributed by atoms with E-state index in [4.69, 9.17) is 4.74 Å². The molecule has 0 aromatic heterocycles. The molecule has 0 saturated heterocycles. The van der Waals surface area contributed by atoms with Gasteiger partial charge in [-0.2, -0.15) is 0 Å². The van der Waals surface area contributed by atoms with Crippen LogP contribution in [0, 0.1) is 5.82 Å². The molecule has 27 heavy (non-hydrogen) atoms. The molecule has 0 heterocycles. The molecule has 1 amide bonds. The van der Waals surface area contributed by atoms with Crippen LogP contribution in [0.3, 0.4) is 0 Å². The fraction of sp³-hybridized carbons (Fsp3) is 0.278. The van der Waals surface area contributed by atoms with Crippen molar-refractivity contribution in [3.05, 3.63) is 59.9 Å². The van der Waals surface area contributed by atoms with Crippen molar-refractivity contribution in [3.8, 4) is 0 Å². The molecule has 1 atom stereocenters. The summed E-state index contributed by atoms with van der Waals surface area (Å²) in [5.41, 5.74) is -0.563. The zero-order chi connectivity index (χ0) is 20.1. The summed E-state index contributed by atoms with van der Waals surface area (Å²) in [7, 11) is -1.27. The zero-order valence-electron chi connectivity index (χ0n) is 15.2. The summed E-state index contributed by atoms with van der Waals surface area (Å²) < 4.78 is 51.4. The van der Waals surface area contributed by atoms with Crippen LogP contribution < -0.4 is 10.0 Å². The number of carbonyl (C=O) groups excluding carboxylic acids is 1. The Hall–Kier alpha value is -2.49. The predicted octanol–water partition coefficient (Wildman–Crippen LogP) is 2.84. The van der Waals surface area contributed by atoms with E-state index in [0.717, 1.165) is 0 Å². The number of nitrogens with one attached hydrogen (secondary N) is 2. The van der Waals surface area contributed by atoms with Crippen LogP contribution in [-0.2, 0) is 25.1 Å². The molecule has 2 N–H and O–H groups in total. The van der Waals surface area contributed by atoms with Crippen LogP contribution in [0.1, 0.15) is 12.5 Å². The lowest BCUT2D eigenvalue weighted by Gasteiger charge is -2.29. The average molecular weight is 396 g/mol. The van der Waals surface area contributed by atoms with E-state index in [-0.39, 0.29) is 17.0 Å². The minimum Gasteiger partial charge on any atom is -0.453 e. The molecule has 9 heteroatoms. The predicted molar refractivity (Wildman–Crippen MR) is 98.4 cm³/mol. The number of methoxy groups -OCH3 is 2. The number of anilines is 1. The number of benzene rings is 2. The van der Waals surface area contributed by atoms with Crippen LogP contribution in [0.4, 0.5) is 14.9 Å². The fourth-order valence-corrected chi connectivity index (χ4v) is 3.50. The van der Waals surface area contributed by atoms with Crippen molar-refractivity contribution >= 4 is 21.8 Å². The maximum Gasteiger partial charge on any atom is 0.411 e. The van der Waals surface area contributed by atoms with Gasteiger partial charge in [-0.15, -0.1) is 0 Å². The quantitative estimate of drug-likeness (QED) is 0.751. The summed E-state index contributed by atoms with van der Waals surface area (Å²) >= 11 is 0. The van der Waals surface area contributed by atoms with Crippen molar-refractivity contribution in [1.29, 1.82) is 0 Å². The Balaban J connectivity index is 2.15. The van der Waals surface area contributed by atoms with E-state index < -0.39 is 27.5 Å². The first kappa shape index (κ1) is 20.8. The third kappa shape index (κ3) is 5.03. The first-order valence-electron chi connectivity index (χ1n) is 7.97. The molecule has 146 valence electrons. The monoisotopic (exact) mass is 396 g/mol. The lowest BCUT2D eigenvalue weighted by atomic mass is 9.95. The normalized spacial score (nSPS) is 13.6. The van der Waals surface area contributed by atoms with Crippen molar-refractivity contribution in [2.45, 2.75) is 17.4 Å². The van der Waals surface area contributed by atoms with Gasteiger partial charge in [-0.3, -0.25) is 5.32 Å². The number of ether oxygens (including phenoxy) is 2. The molecule has 0 radical (unpaired) electrons. The second-order valence-corrected chi connectivity index (χ2v) is 7.65. The third-order valence-electron chi connectivity index (χ3n) is 4.09. The largest absolute Gasteiger partial charge is 0.453 e. The summed E-state index contributed by atoms with van der Waals surface area (Å²) in [6.07, 6.45) is -0.663. The molecule has 2 aromatic carbocycles. The van der Waals surface area contributed by atoms with Gasteiger partial charge >= 0.3 is 6.09 Å². The number of sulfonamides is 1. The number of amides is 1. The van der Waals surface area contributed by atoms with Gasteiger partial charge < -0.3 is 9.47 Å². The van der Waals surface area contributed by atoms with Gasteiger partial charge in [0.2, 0.25) is 10.0 Å². The molecule has 0 saturated carbocycles. The highest BCUT2D eigenvalue weighted by Crippen LogP contribution is 2.27. The van der Waals surface area contributed by atoms with E-state index in [1.165, 1.54) is 44.6 Å². The van der Waals surface area contributed by atoms with E-state index in [2.05, 4.69) is 14.8 Å². The lowest BCUT2D eigenvalue weighted by Crippen LogP contribution is -2.40. The number of rotatable bonds is 7. The van der Waals surface area contributed by atoms with E-state index in [0.29, 0.717) is 5.69 Å². The Labute approximate surface area is 157 Å². The van der Waals surface area contributed by atoms with Crippen molar-refractivity contribution in [2.24, 2.45) is 0 Å². The summed E-state index contributed by atoms with van der Waals surface area (Å²) in [6.45, 7) is 1.42. The van der Waals surface area contributed by atoms with Gasteiger partial charge in [0.1, 0.15) is 11.4 Å². The number of halogens is 1. The van der Waals surface area contributed by atoms with E-state index in [1.807, 2.05) is 0 Å². The summed E-state index contributed by atoms with van der Waals surface area (Å²) in [5.74, 6) is -0.487. The molecule has 2 rings (SSSR count). The molecule has 7 nitrogen and oxygen atoms in total. The minimum atomic E-state index is -3.87. The van der Waals surface area contributed by atoms with Gasteiger partial charge in [0.05, 0.1) is 12.0 Å². The smallest absolute Gasteiger partial charge is 0.411 e. The van der Waals surface area contributed by atoms with E-state index in [9.17, 15) is 17.6 Å². The molecule has 0 spiro atoms. The van der Waals surface area contributed by atoms with Crippen LogP contribution >= 0.6 is 0 Å². The molecule has 1 unspecified atom stereocenters. The van der Waals surface area contributed by atoms with Crippen LogP contribution in [0.25, 0.3) is 0 Å². The highest BCUT2D eigenvalue weighted by atomic mass is 32.2. The van der Waals surface area contributed by atoms with Gasteiger partial charge in [-0.1, -0.05) is 18.2 Å². The summed E-state index contributed by atoms with van der Waals surface area (Å²) in [4.78, 5) is 11.2. The van der Waals surface area contributed by atoms with Crippen LogP contribution in [-0.4, -0.2) is 35.3 Å². The van der Waals surface area contributed by atoms with Gasteiger partial charge in [0.15, 0.2) is 0 Å². The Bertz CT molecular complexity index is 902. The maximum atomic E-state index is 14.1. The molecular weight excluding hydrogens is 375 g/mol. The van der Waals surface area contributed by atoms with Crippen molar-refractivity contribution in [3.63, 3.8) is 0 Å². The Morgan fingerprint density at radius 1 is 1.11 bits per heavy atom. The van der Waals surface area contributed by atoms with Gasteiger partial charge in [0.25, 0.3) is 0 Å². The zero-order valence-corrected chi connectivity index (χ0v) is 16.0. The van der Waals surface area contributed by atoms with Crippen molar-refractivity contribution in [1.82, 2.24) is 4.72 Å². The highest BCUT2D eigenvalue weighted by Gasteiger charge is 2.31. The Morgan fingerprint density at radius 3 is 2.30 bits per heavy atom. The standard InChI is InChI=1S/C18H21FN2O5S/c1-18(26-3,15-6-4-5-7-16(15)19)12-20-27(23,24)14-10-8-13(9-11-14)21-17(22)25-2/h4-11,20H,12H2,1-3H3,(H,21,22). The molecular formula is C18H21FN2O5S. The Kier molecular flexibility index (Phi) is 6.53. The SMILES string of the molecule is COC(=O)Nc1ccc(S(=O)(=O)NCC(C)(OC)c2ccccc2F)cc1. The van der Waals surface area contributed by atoms with Gasteiger partial charge in [-0.05, 0) is 37.3 Å². The summed E-state index contributed by atoms with van der Waals surface area (Å²) in [5, 5.41) is 2.43. The van der Waals surface area contributed by atoms with Gasteiger partial charge in [-0.25, -0.2) is 22.3 Å². The number of hydrogen-bond donors (Lipinski definition) is 2. The van der Waals surface area contributed by atoms with Crippen molar-refractivity contribution < 1.29 is 27.1 Å². The third-order valence-corrected chi connectivity index (χ3v) is 5.51. The topological polar surface area (TPSA) is 93.7 Å². The summed E-state index contributed by atoms with van der Waals surface area (Å²) in [6, 6.07) is 11.5. The molecule has 0 aliphatic carbocycles. The molecule has 0 aliphatic heterocycles. The average Bonchev–Trinajstić information content (AvgIpc) is 2.67. The van der Waals surface area contributed by atoms with E-state index in [1.54, 1.807) is 25.1 Å². The van der Waals surface area contributed by atoms with Gasteiger partial charge in [0, 0.05) is 24.9 Å².